The van der Waals surface area contributed by atoms with Crippen LogP contribution in [-0.2, 0) is 6.18 Å². The molecule has 0 bridgehead atoms. The molecular weight excluding hydrogens is 299 g/mol. The molecule has 0 aliphatic carbocycles. The lowest BCUT2D eigenvalue weighted by Gasteiger charge is -2.10. The summed E-state index contributed by atoms with van der Waals surface area (Å²) in [5, 5.41) is 3.71. The minimum absolute atomic E-state index is 0.00958. The lowest BCUT2D eigenvalue weighted by molar-refractivity contribution is -0.141. The number of alkyl halides is 3. The van der Waals surface area contributed by atoms with Gasteiger partial charge in [-0.3, -0.25) is 0 Å². The summed E-state index contributed by atoms with van der Waals surface area (Å²) in [6.45, 7) is 0. The first kappa shape index (κ1) is 13.8. The van der Waals surface area contributed by atoms with Gasteiger partial charge in [-0.05, 0) is 18.2 Å². The van der Waals surface area contributed by atoms with Crippen LogP contribution in [0.15, 0.2) is 30.5 Å². The van der Waals surface area contributed by atoms with Gasteiger partial charge in [0.05, 0.1) is 16.3 Å². The molecule has 19 heavy (non-hydrogen) atoms. The molecule has 0 spiro atoms. The number of hydrogen-bond donors (Lipinski definition) is 1. The molecule has 1 heterocycles. The molecule has 1 aromatic carbocycles. The molecule has 8 heteroatoms. The topological polar surface area (TPSA) is 43.8 Å². The minimum atomic E-state index is -4.51. The molecule has 0 aliphatic rings. The second-order valence-electron chi connectivity index (χ2n) is 3.64. The molecule has 2 N–H and O–H groups in total. The Bertz CT molecular complexity index is 636. The molecule has 1 aromatic heterocycles. The zero-order chi connectivity index (χ0) is 14.2. The third-order valence-electron chi connectivity index (χ3n) is 2.36. The normalized spacial score (nSPS) is 11.6. The van der Waals surface area contributed by atoms with Gasteiger partial charge in [0.15, 0.2) is 5.69 Å². The number of nitrogens with two attached hydrogens (primary N) is 1. The van der Waals surface area contributed by atoms with Crippen LogP contribution in [0.25, 0.3) is 5.69 Å². The van der Waals surface area contributed by atoms with E-state index in [1.54, 1.807) is 12.1 Å². The summed E-state index contributed by atoms with van der Waals surface area (Å²) in [4.78, 5) is -0.00958. The summed E-state index contributed by atoms with van der Waals surface area (Å²) in [5.41, 5.74) is 5.12. The van der Waals surface area contributed by atoms with E-state index in [0.717, 1.165) is 10.7 Å². The van der Waals surface area contributed by atoms with E-state index in [1.807, 2.05) is 0 Å². The molecule has 2 rings (SSSR count). The van der Waals surface area contributed by atoms with Crippen LogP contribution in [0, 0.1) is 0 Å². The van der Waals surface area contributed by atoms with Gasteiger partial charge >= 0.3 is 6.18 Å². The largest absolute Gasteiger partial charge is 0.435 e. The van der Waals surface area contributed by atoms with E-state index in [2.05, 4.69) is 5.10 Å². The van der Waals surface area contributed by atoms with Crippen molar-refractivity contribution in [1.82, 2.24) is 9.78 Å². The van der Waals surface area contributed by atoms with Gasteiger partial charge < -0.3 is 5.73 Å². The SMILES string of the molecule is NC(=S)c1c(Cl)cccc1-n1ccc(C(F)(F)F)n1. The maximum atomic E-state index is 12.5. The summed E-state index contributed by atoms with van der Waals surface area (Å²) in [6, 6.07) is 5.53. The third kappa shape index (κ3) is 2.71. The van der Waals surface area contributed by atoms with Crippen molar-refractivity contribution in [2.75, 3.05) is 0 Å². The average molecular weight is 306 g/mol. The second-order valence-corrected chi connectivity index (χ2v) is 4.49. The highest BCUT2D eigenvalue weighted by Gasteiger charge is 2.33. The molecule has 100 valence electrons. The molecule has 3 nitrogen and oxygen atoms in total. The van der Waals surface area contributed by atoms with Crippen LogP contribution in [0.1, 0.15) is 11.3 Å². The molecule has 0 saturated heterocycles. The zero-order valence-electron chi connectivity index (χ0n) is 9.28. The Morgan fingerprint density at radius 2 is 2.00 bits per heavy atom. The fraction of sp³-hybridized carbons (Fsp3) is 0.0909. The number of thiocarbonyl (C=S) groups is 1. The quantitative estimate of drug-likeness (QED) is 0.867. The second kappa shape index (κ2) is 4.82. The minimum Gasteiger partial charge on any atom is -0.389 e. The van der Waals surface area contributed by atoms with E-state index >= 15 is 0 Å². The number of nitrogens with zero attached hydrogens (tertiary/aromatic N) is 2. The highest BCUT2D eigenvalue weighted by molar-refractivity contribution is 7.80. The van der Waals surface area contributed by atoms with E-state index in [1.165, 1.54) is 12.3 Å². The lowest BCUT2D eigenvalue weighted by Crippen LogP contribution is -2.15. The maximum Gasteiger partial charge on any atom is 0.435 e. The summed E-state index contributed by atoms with van der Waals surface area (Å²) in [6.07, 6.45) is -3.33. The van der Waals surface area contributed by atoms with Gasteiger partial charge in [0.2, 0.25) is 0 Å². The monoisotopic (exact) mass is 305 g/mol. The number of benzene rings is 1. The Morgan fingerprint density at radius 3 is 2.53 bits per heavy atom. The number of hydrogen-bond acceptors (Lipinski definition) is 2. The average Bonchev–Trinajstić information content (AvgIpc) is 2.76. The van der Waals surface area contributed by atoms with Crippen molar-refractivity contribution in [3.8, 4) is 5.69 Å². The molecule has 0 saturated carbocycles. The highest BCUT2D eigenvalue weighted by Crippen LogP contribution is 2.29. The van der Waals surface area contributed by atoms with E-state index in [9.17, 15) is 13.2 Å². The van der Waals surface area contributed by atoms with Crippen LogP contribution < -0.4 is 5.73 Å². The van der Waals surface area contributed by atoms with Crippen molar-refractivity contribution >= 4 is 28.8 Å². The predicted molar refractivity (Wildman–Crippen MR) is 69.5 cm³/mol. The van der Waals surface area contributed by atoms with Gasteiger partial charge in [0.1, 0.15) is 4.99 Å². The van der Waals surface area contributed by atoms with Crippen molar-refractivity contribution in [1.29, 1.82) is 0 Å². The Morgan fingerprint density at radius 1 is 1.32 bits per heavy atom. The summed E-state index contributed by atoms with van der Waals surface area (Å²) >= 11 is 10.8. The smallest absolute Gasteiger partial charge is 0.389 e. The first-order chi connectivity index (χ1) is 8.80. The fourth-order valence-corrected chi connectivity index (χ4v) is 2.10. The van der Waals surface area contributed by atoms with Gasteiger partial charge in [-0.1, -0.05) is 29.9 Å². The first-order valence-corrected chi connectivity index (χ1v) is 5.81. The van der Waals surface area contributed by atoms with Crippen molar-refractivity contribution < 1.29 is 13.2 Å². The Labute approximate surface area is 116 Å². The van der Waals surface area contributed by atoms with Crippen LogP contribution in [0.2, 0.25) is 5.02 Å². The number of rotatable bonds is 2. The molecule has 0 radical (unpaired) electrons. The van der Waals surface area contributed by atoms with Crippen LogP contribution in [-0.4, -0.2) is 14.8 Å². The predicted octanol–water partition coefficient (Wildman–Crippen LogP) is 3.18. The third-order valence-corrected chi connectivity index (χ3v) is 2.88. The van der Waals surface area contributed by atoms with E-state index in [4.69, 9.17) is 29.6 Å². The Kier molecular flexibility index (Phi) is 3.51. The van der Waals surface area contributed by atoms with Crippen LogP contribution in [0.5, 0.6) is 0 Å². The zero-order valence-corrected chi connectivity index (χ0v) is 10.9. The number of halogens is 4. The Balaban J connectivity index is 2.57. The van der Waals surface area contributed by atoms with Gasteiger partial charge in [-0.2, -0.15) is 18.3 Å². The van der Waals surface area contributed by atoms with Crippen LogP contribution in [0.4, 0.5) is 13.2 Å². The maximum absolute atomic E-state index is 12.5. The molecule has 2 aromatic rings. The van der Waals surface area contributed by atoms with Crippen LogP contribution >= 0.6 is 23.8 Å². The van der Waals surface area contributed by atoms with Gasteiger partial charge in [0, 0.05) is 6.20 Å². The van der Waals surface area contributed by atoms with Gasteiger partial charge in [-0.15, -0.1) is 0 Å². The summed E-state index contributed by atoms with van der Waals surface area (Å²) in [7, 11) is 0. The number of aromatic nitrogens is 2. The van der Waals surface area contributed by atoms with Gasteiger partial charge in [0.25, 0.3) is 0 Å². The standard InChI is InChI=1S/C11H7ClF3N3S/c12-6-2-1-3-7(9(6)10(16)19)18-5-4-8(17-18)11(13,14)15/h1-5H,(H2,16,19). The van der Waals surface area contributed by atoms with E-state index in [-0.39, 0.29) is 15.6 Å². The Hall–Kier alpha value is -1.60. The molecule has 0 aliphatic heterocycles. The first-order valence-electron chi connectivity index (χ1n) is 5.02. The van der Waals surface area contributed by atoms with Crippen molar-refractivity contribution in [3.05, 3.63) is 46.7 Å². The van der Waals surface area contributed by atoms with Gasteiger partial charge in [-0.25, -0.2) is 4.68 Å². The molecular formula is C11H7ClF3N3S. The van der Waals surface area contributed by atoms with Crippen molar-refractivity contribution in [2.45, 2.75) is 6.18 Å². The lowest BCUT2D eigenvalue weighted by atomic mass is 10.2. The molecule has 0 atom stereocenters. The van der Waals surface area contributed by atoms with E-state index in [0.29, 0.717) is 5.69 Å². The fourth-order valence-electron chi connectivity index (χ4n) is 1.56. The molecule has 0 unspecified atom stereocenters. The highest BCUT2D eigenvalue weighted by atomic mass is 35.5. The molecule has 0 amide bonds. The summed E-state index contributed by atoms with van der Waals surface area (Å²) < 4.78 is 38.6. The molecule has 0 fully saturated rings. The van der Waals surface area contributed by atoms with Crippen molar-refractivity contribution in [2.24, 2.45) is 5.73 Å². The summed E-state index contributed by atoms with van der Waals surface area (Å²) in [5.74, 6) is 0. The van der Waals surface area contributed by atoms with E-state index < -0.39 is 11.9 Å². The van der Waals surface area contributed by atoms with Crippen molar-refractivity contribution in [3.63, 3.8) is 0 Å². The van der Waals surface area contributed by atoms with Crippen LogP contribution in [0.3, 0.4) is 0 Å².